The summed E-state index contributed by atoms with van der Waals surface area (Å²) in [5.74, 6) is -0.111. The van der Waals surface area contributed by atoms with E-state index < -0.39 is 5.97 Å². The Balaban J connectivity index is 2.77. The summed E-state index contributed by atoms with van der Waals surface area (Å²) in [7, 11) is 4.35. The molecule has 1 aromatic rings. The Morgan fingerprint density at radius 1 is 1.29 bits per heavy atom. The van der Waals surface area contributed by atoms with Gasteiger partial charge in [-0.3, -0.25) is 9.59 Å². The lowest BCUT2D eigenvalue weighted by atomic mass is 10.2. The average molecular weight is 237 g/mol. The molecule has 1 amide bonds. The van der Waals surface area contributed by atoms with Crippen LogP contribution in [-0.2, 0) is 9.53 Å². The van der Waals surface area contributed by atoms with E-state index in [-0.39, 0.29) is 12.5 Å². The highest BCUT2D eigenvalue weighted by molar-refractivity contribution is 5.96. The lowest BCUT2D eigenvalue weighted by molar-refractivity contribution is -0.141. The van der Waals surface area contributed by atoms with Crippen molar-refractivity contribution in [3.8, 4) is 5.75 Å². The maximum absolute atomic E-state index is 11.9. The Bertz CT molecular complexity index is 417. The van der Waals surface area contributed by atoms with Crippen LogP contribution in [0.15, 0.2) is 24.3 Å². The molecule has 0 N–H and O–H groups in total. The van der Waals surface area contributed by atoms with Gasteiger partial charge in [0.05, 0.1) is 14.2 Å². The normalized spacial score (nSPS) is 9.59. The van der Waals surface area contributed by atoms with E-state index in [4.69, 9.17) is 4.74 Å². The first-order chi connectivity index (χ1) is 8.08. The predicted octanol–water partition coefficient (Wildman–Crippen LogP) is 0.940. The van der Waals surface area contributed by atoms with E-state index >= 15 is 0 Å². The van der Waals surface area contributed by atoms with Crippen LogP contribution in [0, 0.1) is 0 Å². The van der Waals surface area contributed by atoms with Crippen LogP contribution in [0.4, 0.5) is 0 Å². The molecule has 17 heavy (non-hydrogen) atoms. The van der Waals surface area contributed by atoms with Gasteiger partial charge in [-0.2, -0.15) is 0 Å². The third-order valence-electron chi connectivity index (χ3n) is 2.26. The van der Waals surface area contributed by atoms with Crippen molar-refractivity contribution in [2.75, 3.05) is 27.8 Å². The highest BCUT2D eigenvalue weighted by atomic mass is 16.5. The minimum atomic E-state index is -0.455. The molecule has 0 saturated heterocycles. The molecule has 0 radical (unpaired) electrons. The summed E-state index contributed by atoms with van der Waals surface area (Å²) < 4.78 is 9.52. The van der Waals surface area contributed by atoms with E-state index in [1.807, 2.05) is 0 Å². The molecular formula is C12H15NO4. The van der Waals surface area contributed by atoms with Gasteiger partial charge in [-0.15, -0.1) is 0 Å². The molecular weight excluding hydrogens is 222 g/mol. The van der Waals surface area contributed by atoms with Crippen LogP contribution in [0.2, 0.25) is 0 Å². The molecule has 92 valence electrons. The van der Waals surface area contributed by atoms with Crippen molar-refractivity contribution >= 4 is 11.9 Å². The Morgan fingerprint density at radius 3 is 2.59 bits per heavy atom. The predicted molar refractivity (Wildman–Crippen MR) is 62.0 cm³/mol. The summed E-state index contributed by atoms with van der Waals surface area (Å²) in [5, 5.41) is 0. The summed E-state index contributed by atoms with van der Waals surface area (Å²) in [6, 6.07) is 6.75. The summed E-state index contributed by atoms with van der Waals surface area (Å²) in [6.45, 7) is -0.0768. The Kier molecular flexibility index (Phi) is 4.51. The molecule has 0 aliphatic heterocycles. The monoisotopic (exact) mass is 237 g/mol. The number of rotatable bonds is 4. The summed E-state index contributed by atoms with van der Waals surface area (Å²) in [6.07, 6.45) is 0. The molecule has 0 spiro atoms. The smallest absolute Gasteiger partial charge is 0.325 e. The molecule has 0 aromatic heterocycles. The third-order valence-corrected chi connectivity index (χ3v) is 2.26. The quantitative estimate of drug-likeness (QED) is 0.731. The fourth-order valence-electron chi connectivity index (χ4n) is 1.31. The lowest BCUT2D eigenvalue weighted by Crippen LogP contribution is -2.32. The highest BCUT2D eigenvalue weighted by Crippen LogP contribution is 2.13. The van der Waals surface area contributed by atoms with E-state index in [1.54, 1.807) is 31.3 Å². The second-order valence-corrected chi connectivity index (χ2v) is 3.47. The van der Waals surface area contributed by atoms with Crippen LogP contribution in [0.25, 0.3) is 0 Å². The van der Waals surface area contributed by atoms with Gasteiger partial charge >= 0.3 is 5.97 Å². The van der Waals surface area contributed by atoms with E-state index in [2.05, 4.69) is 4.74 Å². The number of benzene rings is 1. The molecule has 0 atom stereocenters. The molecule has 0 aliphatic rings. The van der Waals surface area contributed by atoms with E-state index in [0.29, 0.717) is 11.3 Å². The van der Waals surface area contributed by atoms with E-state index in [0.717, 1.165) is 0 Å². The van der Waals surface area contributed by atoms with Crippen molar-refractivity contribution in [1.82, 2.24) is 4.90 Å². The molecule has 0 aliphatic carbocycles. The summed E-state index contributed by atoms with van der Waals surface area (Å²) >= 11 is 0. The van der Waals surface area contributed by atoms with Crippen LogP contribution in [-0.4, -0.2) is 44.6 Å². The van der Waals surface area contributed by atoms with Crippen molar-refractivity contribution < 1.29 is 19.1 Å². The molecule has 0 fully saturated rings. The number of amides is 1. The van der Waals surface area contributed by atoms with Gasteiger partial charge in [0.25, 0.3) is 5.91 Å². The average Bonchev–Trinajstić information content (AvgIpc) is 2.37. The van der Waals surface area contributed by atoms with Gasteiger partial charge in [-0.05, 0) is 18.2 Å². The van der Waals surface area contributed by atoms with Gasteiger partial charge in [0.15, 0.2) is 0 Å². The first-order valence-corrected chi connectivity index (χ1v) is 5.04. The van der Waals surface area contributed by atoms with Crippen molar-refractivity contribution in [2.24, 2.45) is 0 Å². The van der Waals surface area contributed by atoms with Crippen LogP contribution < -0.4 is 4.74 Å². The van der Waals surface area contributed by atoms with Crippen LogP contribution in [0.1, 0.15) is 10.4 Å². The van der Waals surface area contributed by atoms with Gasteiger partial charge in [0.2, 0.25) is 0 Å². The van der Waals surface area contributed by atoms with Crippen molar-refractivity contribution in [1.29, 1.82) is 0 Å². The van der Waals surface area contributed by atoms with Crippen molar-refractivity contribution in [2.45, 2.75) is 0 Å². The first-order valence-electron chi connectivity index (χ1n) is 5.04. The third kappa shape index (κ3) is 3.48. The molecule has 0 bridgehead atoms. The van der Waals surface area contributed by atoms with Gasteiger partial charge in [-0.25, -0.2) is 0 Å². The molecule has 0 heterocycles. The maximum Gasteiger partial charge on any atom is 0.325 e. The number of methoxy groups -OCH3 is 2. The first kappa shape index (κ1) is 13.0. The van der Waals surface area contributed by atoms with Gasteiger partial charge < -0.3 is 14.4 Å². The molecule has 0 saturated carbocycles. The largest absolute Gasteiger partial charge is 0.497 e. The zero-order valence-corrected chi connectivity index (χ0v) is 10.1. The minimum Gasteiger partial charge on any atom is -0.497 e. The van der Waals surface area contributed by atoms with Gasteiger partial charge in [0.1, 0.15) is 12.3 Å². The van der Waals surface area contributed by atoms with Crippen LogP contribution >= 0.6 is 0 Å². The fraction of sp³-hybridized carbons (Fsp3) is 0.333. The number of nitrogens with zero attached hydrogens (tertiary/aromatic N) is 1. The van der Waals surface area contributed by atoms with E-state index in [1.165, 1.54) is 19.1 Å². The standard InChI is InChI=1S/C12H15NO4/c1-13(8-11(14)17-3)12(15)9-5-4-6-10(7-9)16-2/h4-7H,8H2,1-3H3. The fourth-order valence-corrected chi connectivity index (χ4v) is 1.31. The van der Waals surface area contributed by atoms with Crippen LogP contribution in [0.5, 0.6) is 5.75 Å². The number of hydrogen-bond donors (Lipinski definition) is 0. The second kappa shape index (κ2) is 5.89. The molecule has 1 aromatic carbocycles. The Labute approximate surface area is 99.9 Å². The summed E-state index contributed by atoms with van der Waals surface area (Å²) in [5.41, 5.74) is 0.468. The number of esters is 1. The minimum absolute atomic E-state index is 0.0768. The Hall–Kier alpha value is -2.04. The number of likely N-dealkylation sites (N-methyl/N-ethyl adjacent to an activating group) is 1. The van der Waals surface area contributed by atoms with Crippen molar-refractivity contribution in [3.05, 3.63) is 29.8 Å². The lowest BCUT2D eigenvalue weighted by Gasteiger charge is -2.15. The molecule has 0 unspecified atom stereocenters. The number of carbonyl (C=O) groups excluding carboxylic acids is 2. The topological polar surface area (TPSA) is 55.8 Å². The number of carbonyl (C=O) groups is 2. The Morgan fingerprint density at radius 2 is 2.00 bits per heavy atom. The zero-order chi connectivity index (χ0) is 12.8. The summed E-state index contributed by atoms with van der Waals surface area (Å²) in [4.78, 5) is 24.3. The zero-order valence-electron chi connectivity index (χ0n) is 10.1. The second-order valence-electron chi connectivity index (χ2n) is 3.47. The number of ether oxygens (including phenoxy) is 2. The van der Waals surface area contributed by atoms with Gasteiger partial charge in [-0.1, -0.05) is 6.07 Å². The van der Waals surface area contributed by atoms with Gasteiger partial charge in [0, 0.05) is 12.6 Å². The maximum atomic E-state index is 11.9. The van der Waals surface area contributed by atoms with Crippen molar-refractivity contribution in [3.63, 3.8) is 0 Å². The molecule has 1 rings (SSSR count). The molecule has 5 nitrogen and oxygen atoms in total. The highest BCUT2D eigenvalue weighted by Gasteiger charge is 2.15. The van der Waals surface area contributed by atoms with Crippen LogP contribution in [0.3, 0.4) is 0 Å². The molecule has 5 heteroatoms. The SMILES string of the molecule is COC(=O)CN(C)C(=O)c1cccc(OC)c1. The van der Waals surface area contributed by atoms with E-state index in [9.17, 15) is 9.59 Å². The number of hydrogen-bond acceptors (Lipinski definition) is 4.